The fourth-order valence-corrected chi connectivity index (χ4v) is 7.18. The molecule has 0 radical (unpaired) electrons. The summed E-state index contributed by atoms with van der Waals surface area (Å²) >= 11 is 6.47. The maximum Gasteiger partial charge on any atom is 0.446 e. The number of hydrogen-bond acceptors (Lipinski definition) is 5. The van der Waals surface area contributed by atoms with Crippen LogP contribution < -0.4 is 9.62 Å². The van der Waals surface area contributed by atoms with E-state index < -0.39 is 28.0 Å². The molecule has 0 aromatic heterocycles. The van der Waals surface area contributed by atoms with Crippen LogP contribution in [-0.2, 0) is 0 Å². The molecule has 1 amide bonds. The maximum atomic E-state index is 13.8. The Labute approximate surface area is 269 Å². The molecule has 0 saturated carbocycles. The predicted octanol–water partition coefficient (Wildman–Crippen LogP) is 9.31. The molecule has 1 fully saturated rings. The van der Waals surface area contributed by atoms with Crippen molar-refractivity contribution in [3.8, 4) is 0 Å². The lowest BCUT2D eigenvalue weighted by Gasteiger charge is -2.39. The fraction of sp³-hybridized carbons (Fsp3) is 0.364. The van der Waals surface area contributed by atoms with Gasteiger partial charge in [-0.3, -0.25) is 14.4 Å². The van der Waals surface area contributed by atoms with Gasteiger partial charge in [0.1, 0.15) is 5.82 Å². The molecule has 44 heavy (non-hydrogen) atoms. The number of thioether (sulfide) groups is 1. The number of halogens is 5. The van der Waals surface area contributed by atoms with E-state index >= 15 is 0 Å². The second-order valence-electron chi connectivity index (χ2n) is 11.9. The van der Waals surface area contributed by atoms with Crippen LogP contribution >= 0.6 is 35.3 Å². The monoisotopic (exact) mass is 663 g/mol. The number of hydrogen-bond donors (Lipinski definition) is 1. The van der Waals surface area contributed by atoms with Gasteiger partial charge >= 0.3 is 5.51 Å². The van der Waals surface area contributed by atoms with E-state index in [0.717, 1.165) is 80.4 Å². The highest BCUT2D eigenvalue weighted by molar-refractivity contribution is 8.00. The average molecular weight is 664 g/mol. The molecule has 0 spiro atoms. The summed E-state index contributed by atoms with van der Waals surface area (Å²) in [6.45, 7) is 9.27. The summed E-state index contributed by atoms with van der Waals surface area (Å²) in [6, 6.07) is 18.9. The molecule has 1 saturated heterocycles. The number of allylic oxidation sites excluding steroid dienone is 1. The standard InChI is InChI=1S/C33H34ClF4N3OS2/c1-32(2)14-13-28(22-3-7-25(34)8-4-22)24(20-32)21-40-15-17-41(18-16-40)26-9-5-23(6-10-26)31(42)39-44-27-11-12-29(35)30(19-27)43-33(36,37)38/h3-12,19H,13-18,20-21H2,1-2H3,(H,39,42). The lowest BCUT2D eigenvalue weighted by molar-refractivity contribution is -0.0329. The molecule has 0 unspecified atom stereocenters. The van der Waals surface area contributed by atoms with E-state index in [1.165, 1.54) is 29.2 Å². The Morgan fingerprint density at radius 2 is 1.66 bits per heavy atom. The van der Waals surface area contributed by atoms with Gasteiger partial charge in [0, 0.05) is 53.9 Å². The Kier molecular flexibility index (Phi) is 10.2. The van der Waals surface area contributed by atoms with Gasteiger partial charge in [-0.25, -0.2) is 4.39 Å². The van der Waals surface area contributed by atoms with E-state index in [-0.39, 0.29) is 11.3 Å². The van der Waals surface area contributed by atoms with E-state index in [1.807, 2.05) is 24.3 Å². The number of nitrogens with zero attached hydrogens (tertiary/aromatic N) is 2. The molecular formula is C33H34ClF4N3OS2. The summed E-state index contributed by atoms with van der Waals surface area (Å²) in [7, 11) is 0. The first-order chi connectivity index (χ1) is 20.8. The minimum atomic E-state index is -4.60. The second-order valence-corrected chi connectivity index (χ2v) is 14.3. The highest BCUT2D eigenvalue weighted by Gasteiger charge is 2.31. The molecule has 0 bridgehead atoms. The van der Waals surface area contributed by atoms with Gasteiger partial charge in [0.15, 0.2) is 0 Å². The Balaban J connectivity index is 1.15. The Bertz CT molecular complexity index is 1500. The quantitative estimate of drug-likeness (QED) is 0.148. The van der Waals surface area contributed by atoms with Crippen molar-refractivity contribution in [2.75, 3.05) is 37.6 Å². The molecule has 1 heterocycles. The molecule has 3 aromatic rings. The minimum absolute atomic E-state index is 0.285. The number of nitrogens with one attached hydrogen (secondary N) is 1. The van der Waals surface area contributed by atoms with Crippen LogP contribution in [0, 0.1) is 11.2 Å². The van der Waals surface area contributed by atoms with Gasteiger partial charge in [-0.1, -0.05) is 43.2 Å². The molecule has 234 valence electrons. The smallest absolute Gasteiger partial charge is 0.369 e. The summed E-state index contributed by atoms with van der Waals surface area (Å²) < 4.78 is 54.5. The van der Waals surface area contributed by atoms with Crippen LogP contribution in [0.3, 0.4) is 0 Å². The summed E-state index contributed by atoms with van der Waals surface area (Å²) in [5.41, 5.74) is 1.37. The van der Waals surface area contributed by atoms with Crippen LogP contribution in [0.2, 0.25) is 5.02 Å². The van der Waals surface area contributed by atoms with Gasteiger partial charge in [0.2, 0.25) is 0 Å². The molecule has 0 atom stereocenters. The number of carbonyl (C=O) groups excluding carboxylic acids is 1. The normalized spacial score (nSPS) is 17.6. The molecule has 1 aliphatic heterocycles. The number of carbonyl (C=O) groups is 1. The number of rotatable bonds is 8. The van der Waals surface area contributed by atoms with Gasteiger partial charge in [-0.2, -0.15) is 13.2 Å². The SMILES string of the molecule is CC1(C)CCC(c2ccc(Cl)cc2)=C(CN2CCN(c3ccc(C(=O)NSc4ccc(F)c(SC(F)(F)F)c4)cc3)CC2)C1. The zero-order chi connectivity index (χ0) is 31.5. The summed E-state index contributed by atoms with van der Waals surface area (Å²) in [5.74, 6) is -1.35. The fourth-order valence-electron chi connectivity index (χ4n) is 5.74. The van der Waals surface area contributed by atoms with Gasteiger partial charge in [0.25, 0.3) is 5.91 Å². The van der Waals surface area contributed by atoms with Crippen molar-refractivity contribution in [1.29, 1.82) is 0 Å². The zero-order valence-electron chi connectivity index (χ0n) is 24.5. The third kappa shape index (κ3) is 8.74. The van der Waals surface area contributed by atoms with Crippen molar-refractivity contribution in [2.45, 2.75) is 48.4 Å². The van der Waals surface area contributed by atoms with E-state index in [4.69, 9.17) is 11.6 Å². The topological polar surface area (TPSA) is 35.6 Å². The van der Waals surface area contributed by atoms with Crippen molar-refractivity contribution in [2.24, 2.45) is 5.41 Å². The summed E-state index contributed by atoms with van der Waals surface area (Å²) in [6.07, 6.45) is 3.33. The third-order valence-corrected chi connectivity index (χ3v) is 9.83. The second kappa shape index (κ2) is 13.8. The molecule has 11 heteroatoms. The number of piperazine rings is 1. The van der Waals surface area contributed by atoms with Gasteiger partial charge < -0.3 is 4.90 Å². The van der Waals surface area contributed by atoms with Crippen LogP contribution in [-0.4, -0.2) is 49.0 Å². The van der Waals surface area contributed by atoms with Gasteiger partial charge in [-0.05, 0) is 114 Å². The van der Waals surface area contributed by atoms with Crippen molar-refractivity contribution in [3.05, 3.63) is 94.3 Å². The summed E-state index contributed by atoms with van der Waals surface area (Å²) in [5, 5.41) is 0.751. The average Bonchev–Trinajstić information content (AvgIpc) is 2.97. The Hall–Kier alpha value is -2.66. The third-order valence-electron chi connectivity index (χ3n) is 8.03. The lowest BCUT2D eigenvalue weighted by Crippen LogP contribution is -2.47. The minimum Gasteiger partial charge on any atom is -0.369 e. The van der Waals surface area contributed by atoms with Crippen molar-refractivity contribution in [1.82, 2.24) is 9.62 Å². The largest absolute Gasteiger partial charge is 0.446 e. The summed E-state index contributed by atoms with van der Waals surface area (Å²) in [4.78, 5) is 17.3. The molecule has 5 rings (SSSR count). The first kappa shape index (κ1) is 32.7. The van der Waals surface area contributed by atoms with Crippen molar-refractivity contribution in [3.63, 3.8) is 0 Å². The first-order valence-corrected chi connectivity index (χ1v) is 16.4. The number of benzene rings is 3. The van der Waals surface area contributed by atoms with Crippen LogP contribution in [0.15, 0.2) is 82.1 Å². The molecule has 4 nitrogen and oxygen atoms in total. The van der Waals surface area contributed by atoms with Gasteiger partial charge in [-0.15, -0.1) is 0 Å². The van der Waals surface area contributed by atoms with Crippen LogP contribution in [0.25, 0.3) is 5.57 Å². The molecular weight excluding hydrogens is 630 g/mol. The molecule has 1 N–H and O–H groups in total. The lowest BCUT2D eigenvalue weighted by atomic mass is 9.73. The first-order valence-electron chi connectivity index (χ1n) is 14.4. The van der Waals surface area contributed by atoms with E-state index in [1.54, 1.807) is 12.1 Å². The van der Waals surface area contributed by atoms with E-state index in [2.05, 4.69) is 40.5 Å². The highest BCUT2D eigenvalue weighted by Crippen LogP contribution is 2.43. The van der Waals surface area contributed by atoms with Crippen molar-refractivity contribution < 1.29 is 22.4 Å². The van der Waals surface area contributed by atoms with Gasteiger partial charge in [0.05, 0.1) is 4.90 Å². The predicted molar refractivity (Wildman–Crippen MR) is 173 cm³/mol. The van der Waals surface area contributed by atoms with Crippen LogP contribution in [0.4, 0.5) is 23.2 Å². The molecule has 2 aliphatic rings. The van der Waals surface area contributed by atoms with Crippen molar-refractivity contribution >= 4 is 52.5 Å². The number of amides is 1. The number of alkyl halides is 3. The Morgan fingerprint density at radius 3 is 2.32 bits per heavy atom. The zero-order valence-corrected chi connectivity index (χ0v) is 26.9. The maximum absolute atomic E-state index is 13.8. The highest BCUT2D eigenvalue weighted by atomic mass is 35.5. The molecule has 3 aromatic carbocycles. The van der Waals surface area contributed by atoms with E-state index in [9.17, 15) is 22.4 Å². The van der Waals surface area contributed by atoms with Crippen LogP contribution in [0.5, 0.6) is 0 Å². The molecule has 1 aliphatic carbocycles. The van der Waals surface area contributed by atoms with Crippen LogP contribution in [0.1, 0.15) is 49.0 Å². The number of anilines is 1. The van der Waals surface area contributed by atoms with E-state index in [0.29, 0.717) is 10.5 Å². The Morgan fingerprint density at radius 1 is 0.977 bits per heavy atom.